The Kier molecular flexibility index (Phi) is 5.61. The molecule has 2 amide bonds. The third-order valence-electron chi connectivity index (χ3n) is 4.08. The van der Waals surface area contributed by atoms with Crippen molar-refractivity contribution in [2.75, 3.05) is 12.4 Å². The van der Waals surface area contributed by atoms with Gasteiger partial charge in [0, 0.05) is 30.4 Å². The van der Waals surface area contributed by atoms with E-state index in [0.29, 0.717) is 23.4 Å². The van der Waals surface area contributed by atoms with E-state index in [0.717, 1.165) is 5.56 Å². The number of carbonyl (C=O) groups is 2. The number of nitrogens with zero attached hydrogens (tertiary/aromatic N) is 1. The van der Waals surface area contributed by atoms with Crippen LogP contribution >= 0.6 is 0 Å². The Morgan fingerprint density at radius 1 is 0.889 bits per heavy atom. The van der Waals surface area contributed by atoms with E-state index in [2.05, 4.69) is 5.32 Å². The van der Waals surface area contributed by atoms with E-state index >= 15 is 0 Å². The lowest BCUT2D eigenvalue weighted by Gasteiger charge is -2.17. The third-order valence-corrected chi connectivity index (χ3v) is 4.08. The van der Waals surface area contributed by atoms with Crippen molar-refractivity contribution in [3.63, 3.8) is 0 Å². The summed E-state index contributed by atoms with van der Waals surface area (Å²) < 4.78 is 13.0. The quantitative estimate of drug-likeness (QED) is 0.734. The second kappa shape index (κ2) is 8.27. The van der Waals surface area contributed by atoms with Crippen molar-refractivity contribution >= 4 is 17.5 Å². The summed E-state index contributed by atoms with van der Waals surface area (Å²) in [7, 11) is 1.72. The molecule has 27 heavy (non-hydrogen) atoms. The molecule has 0 atom stereocenters. The molecule has 0 spiro atoms. The fraction of sp³-hybridized carbons (Fsp3) is 0.0909. The molecule has 3 rings (SSSR count). The highest BCUT2D eigenvalue weighted by atomic mass is 19.1. The first kappa shape index (κ1) is 18.3. The number of hydrogen-bond acceptors (Lipinski definition) is 2. The highest BCUT2D eigenvalue weighted by Crippen LogP contribution is 2.14. The Morgan fingerprint density at radius 3 is 2.26 bits per heavy atom. The second-order valence-corrected chi connectivity index (χ2v) is 6.19. The van der Waals surface area contributed by atoms with Gasteiger partial charge in [-0.15, -0.1) is 0 Å². The van der Waals surface area contributed by atoms with Gasteiger partial charge in [-0.2, -0.15) is 0 Å². The predicted molar refractivity (Wildman–Crippen MR) is 103 cm³/mol. The fourth-order valence-corrected chi connectivity index (χ4v) is 2.68. The summed E-state index contributed by atoms with van der Waals surface area (Å²) in [6, 6.07) is 21.7. The number of carbonyl (C=O) groups excluding carboxylic acids is 2. The minimum atomic E-state index is -0.373. The lowest BCUT2D eigenvalue weighted by Crippen LogP contribution is -2.26. The Hall–Kier alpha value is -3.47. The van der Waals surface area contributed by atoms with Crippen LogP contribution in [0.15, 0.2) is 78.9 Å². The number of anilines is 1. The Balaban J connectivity index is 1.71. The summed E-state index contributed by atoms with van der Waals surface area (Å²) in [5, 5.41) is 2.69. The normalized spacial score (nSPS) is 10.3. The second-order valence-electron chi connectivity index (χ2n) is 6.19. The number of benzene rings is 3. The molecular formula is C22H19FN2O2. The molecule has 3 aromatic carbocycles. The van der Waals surface area contributed by atoms with Crippen LogP contribution in [-0.2, 0) is 6.54 Å². The number of rotatable bonds is 5. The molecule has 0 aliphatic heterocycles. The molecule has 3 aromatic rings. The summed E-state index contributed by atoms with van der Waals surface area (Å²) in [4.78, 5) is 26.7. The van der Waals surface area contributed by atoms with Crippen molar-refractivity contribution in [3.8, 4) is 0 Å². The molecule has 0 aliphatic carbocycles. The van der Waals surface area contributed by atoms with Gasteiger partial charge in [0.2, 0.25) is 0 Å². The summed E-state index contributed by atoms with van der Waals surface area (Å²) >= 11 is 0. The standard InChI is InChI=1S/C22H19FN2O2/c1-25(15-16-6-3-2-4-7-16)22(27)18-9-5-8-17(14-18)21(26)24-20-12-10-19(23)11-13-20/h2-14H,15H2,1H3,(H,24,26). The summed E-state index contributed by atoms with van der Waals surface area (Å²) in [6.07, 6.45) is 0. The average molecular weight is 362 g/mol. The first-order chi connectivity index (χ1) is 13.0. The van der Waals surface area contributed by atoms with E-state index in [4.69, 9.17) is 0 Å². The number of halogens is 1. The molecule has 136 valence electrons. The van der Waals surface area contributed by atoms with Crippen molar-refractivity contribution in [1.29, 1.82) is 0 Å². The Labute approximate surface area is 157 Å². The van der Waals surface area contributed by atoms with E-state index in [9.17, 15) is 14.0 Å². The van der Waals surface area contributed by atoms with Gasteiger partial charge in [0.15, 0.2) is 0 Å². The molecular weight excluding hydrogens is 343 g/mol. The van der Waals surface area contributed by atoms with Crippen LogP contribution in [0.5, 0.6) is 0 Å². The summed E-state index contributed by atoms with van der Waals surface area (Å²) in [5.74, 6) is -0.903. The largest absolute Gasteiger partial charge is 0.337 e. The molecule has 0 fully saturated rings. The van der Waals surface area contributed by atoms with Crippen molar-refractivity contribution in [3.05, 3.63) is 101 Å². The minimum absolute atomic E-state index is 0.171. The molecule has 5 heteroatoms. The van der Waals surface area contributed by atoms with Crippen LogP contribution in [0.3, 0.4) is 0 Å². The van der Waals surface area contributed by atoms with E-state index < -0.39 is 0 Å². The molecule has 0 aromatic heterocycles. The van der Waals surface area contributed by atoms with Gasteiger partial charge in [0.25, 0.3) is 11.8 Å². The first-order valence-corrected chi connectivity index (χ1v) is 8.49. The molecule has 0 bridgehead atoms. The molecule has 0 heterocycles. The van der Waals surface area contributed by atoms with Gasteiger partial charge >= 0.3 is 0 Å². The van der Waals surface area contributed by atoms with E-state index in [1.54, 1.807) is 36.2 Å². The number of nitrogens with one attached hydrogen (secondary N) is 1. The lowest BCUT2D eigenvalue weighted by molar-refractivity contribution is 0.0785. The Bertz CT molecular complexity index is 940. The van der Waals surface area contributed by atoms with Crippen LogP contribution in [0.2, 0.25) is 0 Å². The van der Waals surface area contributed by atoms with Crippen molar-refractivity contribution in [1.82, 2.24) is 4.90 Å². The topological polar surface area (TPSA) is 49.4 Å². The van der Waals surface area contributed by atoms with Crippen LogP contribution in [0.4, 0.5) is 10.1 Å². The fourth-order valence-electron chi connectivity index (χ4n) is 2.68. The smallest absolute Gasteiger partial charge is 0.255 e. The number of hydrogen-bond donors (Lipinski definition) is 1. The van der Waals surface area contributed by atoms with Gasteiger partial charge in [-0.3, -0.25) is 9.59 Å². The molecule has 0 aliphatic rings. The summed E-state index contributed by atoms with van der Waals surface area (Å²) in [5.41, 5.74) is 2.30. The molecule has 1 N–H and O–H groups in total. The van der Waals surface area contributed by atoms with Crippen molar-refractivity contribution in [2.24, 2.45) is 0 Å². The van der Waals surface area contributed by atoms with Gasteiger partial charge in [0.1, 0.15) is 5.82 Å². The third kappa shape index (κ3) is 4.79. The maximum absolute atomic E-state index is 13.0. The van der Waals surface area contributed by atoms with E-state index in [1.165, 1.54) is 24.3 Å². The van der Waals surface area contributed by atoms with Gasteiger partial charge in [-0.25, -0.2) is 4.39 Å². The van der Waals surface area contributed by atoms with Crippen LogP contribution in [-0.4, -0.2) is 23.8 Å². The molecule has 0 saturated heterocycles. The zero-order valence-corrected chi connectivity index (χ0v) is 14.9. The van der Waals surface area contributed by atoms with E-state index in [-0.39, 0.29) is 17.6 Å². The van der Waals surface area contributed by atoms with Crippen LogP contribution in [0.1, 0.15) is 26.3 Å². The van der Waals surface area contributed by atoms with Crippen molar-refractivity contribution in [2.45, 2.75) is 6.54 Å². The highest BCUT2D eigenvalue weighted by molar-refractivity contribution is 6.06. The first-order valence-electron chi connectivity index (χ1n) is 8.49. The predicted octanol–water partition coefficient (Wildman–Crippen LogP) is 4.35. The minimum Gasteiger partial charge on any atom is -0.337 e. The van der Waals surface area contributed by atoms with Gasteiger partial charge in [-0.1, -0.05) is 36.4 Å². The maximum Gasteiger partial charge on any atom is 0.255 e. The van der Waals surface area contributed by atoms with Gasteiger partial charge in [0.05, 0.1) is 0 Å². The monoisotopic (exact) mass is 362 g/mol. The van der Waals surface area contributed by atoms with E-state index in [1.807, 2.05) is 30.3 Å². The van der Waals surface area contributed by atoms with Gasteiger partial charge < -0.3 is 10.2 Å². The molecule has 0 radical (unpaired) electrons. The SMILES string of the molecule is CN(Cc1ccccc1)C(=O)c1cccc(C(=O)Nc2ccc(F)cc2)c1. The molecule has 0 unspecified atom stereocenters. The zero-order chi connectivity index (χ0) is 19.2. The zero-order valence-electron chi connectivity index (χ0n) is 14.9. The summed E-state index contributed by atoms with van der Waals surface area (Å²) in [6.45, 7) is 0.478. The average Bonchev–Trinajstić information content (AvgIpc) is 2.70. The number of amides is 2. The lowest BCUT2D eigenvalue weighted by atomic mass is 10.1. The van der Waals surface area contributed by atoms with Gasteiger partial charge in [-0.05, 0) is 48.0 Å². The highest BCUT2D eigenvalue weighted by Gasteiger charge is 2.14. The maximum atomic E-state index is 13.0. The van der Waals surface area contributed by atoms with Crippen molar-refractivity contribution < 1.29 is 14.0 Å². The molecule has 0 saturated carbocycles. The molecule has 4 nitrogen and oxygen atoms in total. The van der Waals surface area contributed by atoms with Crippen LogP contribution in [0, 0.1) is 5.82 Å². The van der Waals surface area contributed by atoms with Crippen LogP contribution in [0.25, 0.3) is 0 Å². The van der Waals surface area contributed by atoms with Crippen LogP contribution < -0.4 is 5.32 Å². The Morgan fingerprint density at radius 2 is 1.56 bits per heavy atom.